The smallest absolute Gasteiger partial charge is 0.0931 e. The maximum absolute atomic E-state index is 8.72. The minimum atomic E-state index is 0.0579. The van der Waals surface area contributed by atoms with Crippen molar-refractivity contribution in [2.24, 2.45) is 0 Å². The van der Waals surface area contributed by atoms with E-state index in [1.54, 1.807) is 0 Å². The third-order valence-electron chi connectivity index (χ3n) is 2.66. The Hall–Kier alpha value is -1.12. The van der Waals surface area contributed by atoms with E-state index < -0.39 is 0 Å². The van der Waals surface area contributed by atoms with Crippen LogP contribution in [0.4, 0.5) is 0 Å². The third-order valence-corrected chi connectivity index (χ3v) is 2.66. The molecule has 0 aliphatic heterocycles. The van der Waals surface area contributed by atoms with Gasteiger partial charge in [0.05, 0.1) is 6.73 Å². The standard InChI is InChI=1S/C12H15NO/c14-9-13-8-11-6-3-5-10-4-1-2-7-12(10)11/h1-5,7,11,13-14H,6,8-9H2. The third kappa shape index (κ3) is 1.86. The monoisotopic (exact) mass is 189 g/mol. The van der Waals surface area contributed by atoms with E-state index in [0.717, 1.165) is 13.0 Å². The molecule has 0 bridgehead atoms. The van der Waals surface area contributed by atoms with Crippen molar-refractivity contribution in [1.29, 1.82) is 0 Å². The van der Waals surface area contributed by atoms with Crippen molar-refractivity contribution < 1.29 is 5.11 Å². The number of allylic oxidation sites excluding steroid dienone is 1. The maximum Gasteiger partial charge on any atom is 0.0931 e. The van der Waals surface area contributed by atoms with Gasteiger partial charge in [0.15, 0.2) is 0 Å². The molecule has 0 aromatic heterocycles. The van der Waals surface area contributed by atoms with Gasteiger partial charge in [0.2, 0.25) is 0 Å². The second kappa shape index (κ2) is 4.40. The van der Waals surface area contributed by atoms with Crippen molar-refractivity contribution >= 4 is 6.08 Å². The zero-order chi connectivity index (χ0) is 9.80. The minimum absolute atomic E-state index is 0.0579. The van der Waals surface area contributed by atoms with Gasteiger partial charge < -0.3 is 5.11 Å². The first-order chi connectivity index (χ1) is 6.92. The molecule has 14 heavy (non-hydrogen) atoms. The van der Waals surface area contributed by atoms with Gasteiger partial charge in [-0.2, -0.15) is 0 Å². The lowest BCUT2D eigenvalue weighted by Crippen LogP contribution is -2.23. The highest BCUT2D eigenvalue weighted by molar-refractivity contribution is 5.57. The van der Waals surface area contributed by atoms with Crippen LogP contribution in [0, 0.1) is 0 Å². The molecule has 2 heteroatoms. The molecule has 1 aliphatic carbocycles. The predicted molar refractivity (Wildman–Crippen MR) is 57.9 cm³/mol. The zero-order valence-electron chi connectivity index (χ0n) is 8.11. The molecular formula is C12H15NO. The van der Waals surface area contributed by atoms with E-state index in [2.05, 4.69) is 41.7 Å². The van der Waals surface area contributed by atoms with Crippen LogP contribution in [0.15, 0.2) is 30.3 Å². The molecular weight excluding hydrogens is 174 g/mol. The van der Waals surface area contributed by atoms with Crippen molar-refractivity contribution in [3.05, 3.63) is 41.5 Å². The molecule has 0 saturated heterocycles. The lowest BCUT2D eigenvalue weighted by Gasteiger charge is -2.21. The number of benzene rings is 1. The van der Waals surface area contributed by atoms with E-state index in [-0.39, 0.29) is 6.73 Å². The van der Waals surface area contributed by atoms with Gasteiger partial charge in [0.1, 0.15) is 0 Å². The summed E-state index contributed by atoms with van der Waals surface area (Å²) in [6.07, 6.45) is 5.43. The molecule has 1 aromatic carbocycles. The van der Waals surface area contributed by atoms with Crippen LogP contribution in [0.3, 0.4) is 0 Å². The highest BCUT2D eigenvalue weighted by Gasteiger charge is 2.15. The van der Waals surface area contributed by atoms with Gasteiger partial charge in [0, 0.05) is 12.5 Å². The van der Waals surface area contributed by atoms with E-state index in [9.17, 15) is 0 Å². The lowest BCUT2D eigenvalue weighted by atomic mass is 9.87. The maximum atomic E-state index is 8.72. The number of hydrogen-bond donors (Lipinski definition) is 2. The first-order valence-corrected chi connectivity index (χ1v) is 4.99. The van der Waals surface area contributed by atoms with Gasteiger partial charge in [-0.05, 0) is 17.5 Å². The minimum Gasteiger partial charge on any atom is -0.381 e. The van der Waals surface area contributed by atoms with Crippen LogP contribution in [-0.4, -0.2) is 18.4 Å². The Kier molecular flexibility index (Phi) is 2.96. The molecule has 2 nitrogen and oxygen atoms in total. The summed E-state index contributed by atoms with van der Waals surface area (Å²) >= 11 is 0. The van der Waals surface area contributed by atoms with Crippen molar-refractivity contribution in [2.45, 2.75) is 12.3 Å². The number of hydrogen-bond acceptors (Lipinski definition) is 2. The molecule has 2 N–H and O–H groups in total. The molecule has 0 spiro atoms. The summed E-state index contributed by atoms with van der Waals surface area (Å²) in [5, 5.41) is 11.7. The number of nitrogens with one attached hydrogen (secondary N) is 1. The molecule has 0 fully saturated rings. The van der Waals surface area contributed by atoms with Crippen LogP contribution < -0.4 is 5.32 Å². The van der Waals surface area contributed by atoms with Crippen molar-refractivity contribution in [3.8, 4) is 0 Å². The summed E-state index contributed by atoms with van der Waals surface area (Å²) < 4.78 is 0. The molecule has 1 aliphatic rings. The van der Waals surface area contributed by atoms with E-state index in [4.69, 9.17) is 5.11 Å². The average Bonchev–Trinajstić information content (AvgIpc) is 2.26. The van der Waals surface area contributed by atoms with Gasteiger partial charge in [-0.3, -0.25) is 5.32 Å². The lowest BCUT2D eigenvalue weighted by molar-refractivity contribution is 0.257. The number of fused-ring (bicyclic) bond motifs is 1. The Morgan fingerprint density at radius 3 is 3.07 bits per heavy atom. The Morgan fingerprint density at radius 1 is 1.36 bits per heavy atom. The van der Waals surface area contributed by atoms with Crippen LogP contribution >= 0.6 is 0 Å². The number of rotatable bonds is 3. The highest BCUT2D eigenvalue weighted by Crippen LogP contribution is 2.28. The quantitative estimate of drug-likeness (QED) is 0.710. The summed E-state index contributed by atoms with van der Waals surface area (Å²) in [7, 11) is 0. The molecule has 0 saturated carbocycles. The predicted octanol–water partition coefficient (Wildman–Crippen LogP) is 1.73. The van der Waals surface area contributed by atoms with E-state index in [0.29, 0.717) is 5.92 Å². The summed E-state index contributed by atoms with van der Waals surface area (Å²) in [6, 6.07) is 8.44. The van der Waals surface area contributed by atoms with Crippen molar-refractivity contribution in [2.75, 3.05) is 13.3 Å². The van der Waals surface area contributed by atoms with Gasteiger partial charge in [-0.15, -0.1) is 0 Å². The van der Waals surface area contributed by atoms with E-state index in [1.807, 2.05) is 0 Å². The summed E-state index contributed by atoms with van der Waals surface area (Å²) in [4.78, 5) is 0. The Morgan fingerprint density at radius 2 is 2.21 bits per heavy atom. The van der Waals surface area contributed by atoms with Gasteiger partial charge >= 0.3 is 0 Å². The number of aliphatic hydroxyl groups is 1. The van der Waals surface area contributed by atoms with Crippen molar-refractivity contribution in [1.82, 2.24) is 5.32 Å². The topological polar surface area (TPSA) is 32.3 Å². The van der Waals surface area contributed by atoms with Crippen LogP contribution in [0.5, 0.6) is 0 Å². The first-order valence-electron chi connectivity index (χ1n) is 4.99. The second-order valence-corrected chi connectivity index (χ2v) is 3.58. The summed E-state index contributed by atoms with van der Waals surface area (Å²) in [5.74, 6) is 0.503. The van der Waals surface area contributed by atoms with Crippen molar-refractivity contribution in [3.63, 3.8) is 0 Å². The number of aliphatic hydroxyl groups excluding tert-OH is 1. The molecule has 1 aromatic rings. The Balaban J connectivity index is 2.18. The Bertz CT molecular complexity index is 333. The van der Waals surface area contributed by atoms with Crippen LogP contribution in [-0.2, 0) is 0 Å². The summed E-state index contributed by atoms with van der Waals surface area (Å²) in [6.45, 7) is 0.903. The van der Waals surface area contributed by atoms with Gasteiger partial charge in [-0.1, -0.05) is 36.4 Å². The first kappa shape index (κ1) is 9.44. The molecule has 2 rings (SSSR count). The van der Waals surface area contributed by atoms with E-state index >= 15 is 0 Å². The van der Waals surface area contributed by atoms with E-state index in [1.165, 1.54) is 11.1 Å². The second-order valence-electron chi connectivity index (χ2n) is 3.58. The molecule has 0 heterocycles. The van der Waals surface area contributed by atoms with Gasteiger partial charge in [0.25, 0.3) is 0 Å². The fraction of sp³-hybridized carbons (Fsp3) is 0.333. The Labute approximate surface area is 84.3 Å². The van der Waals surface area contributed by atoms with Gasteiger partial charge in [-0.25, -0.2) is 0 Å². The fourth-order valence-electron chi connectivity index (χ4n) is 1.95. The van der Waals surface area contributed by atoms with Crippen LogP contribution in [0.1, 0.15) is 23.5 Å². The molecule has 0 radical (unpaired) electrons. The highest BCUT2D eigenvalue weighted by atomic mass is 16.3. The largest absolute Gasteiger partial charge is 0.381 e. The zero-order valence-corrected chi connectivity index (χ0v) is 8.11. The SMILES string of the molecule is OCNCC1CC=Cc2ccccc21. The average molecular weight is 189 g/mol. The van der Waals surface area contributed by atoms with Crippen LogP contribution in [0.2, 0.25) is 0 Å². The molecule has 1 unspecified atom stereocenters. The van der Waals surface area contributed by atoms with Crippen LogP contribution in [0.25, 0.3) is 6.08 Å². The fourth-order valence-corrected chi connectivity index (χ4v) is 1.95. The molecule has 0 amide bonds. The molecule has 1 atom stereocenters. The summed E-state index contributed by atoms with van der Waals surface area (Å²) in [5.41, 5.74) is 2.69. The molecule has 74 valence electrons. The normalized spacial score (nSPS) is 19.4.